The molecule has 0 atom stereocenters. The van der Waals surface area contributed by atoms with Gasteiger partial charge >= 0.3 is 0 Å². The average molecular weight is 267 g/mol. The number of nitrogens with two attached hydrogens (primary N) is 1. The molecule has 1 aliphatic carbocycles. The Kier molecular flexibility index (Phi) is 4.76. The van der Waals surface area contributed by atoms with Crippen molar-refractivity contribution in [2.75, 3.05) is 20.1 Å². The van der Waals surface area contributed by atoms with Gasteiger partial charge < -0.3 is 5.73 Å². The third-order valence-electron chi connectivity index (χ3n) is 4.29. The predicted molar refractivity (Wildman–Crippen MR) is 77.6 cm³/mol. The maximum absolute atomic E-state index is 6.07. The number of aromatic nitrogens is 1. The van der Waals surface area contributed by atoms with E-state index in [4.69, 9.17) is 5.73 Å². The van der Waals surface area contributed by atoms with E-state index in [1.165, 1.54) is 31.4 Å². The number of rotatable bonds is 5. The van der Waals surface area contributed by atoms with Crippen LogP contribution in [0.3, 0.4) is 0 Å². The molecule has 0 radical (unpaired) electrons. The second-order valence-electron chi connectivity index (χ2n) is 6.04. The van der Waals surface area contributed by atoms with E-state index in [0.29, 0.717) is 5.41 Å². The molecular formula is C14H25N3S. The molecule has 2 rings (SSSR count). The van der Waals surface area contributed by atoms with Crippen molar-refractivity contribution in [1.82, 2.24) is 9.88 Å². The molecule has 18 heavy (non-hydrogen) atoms. The highest BCUT2D eigenvalue weighted by Crippen LogP contribution is 2.38. The lowest BCUT2D eigenvalue weighted by molar-refractivity contribution is 0.105. The molecule has 1 aromatic heterocycles. The molecule has 1 saturated carbocycles. The number of hydrogen-bond donors (Lipinski definition) is 1. The zero-order valence-corrected chi connectivity index (χ0v) is 12.4. The van der Waals surface area contributed by atoms with Gasteiger partial charge in [-0.1, -0.05) is 19.8 Å². The van der Waals surface area contributed by atoms with Gasteiger partial charge in [-0.15, -0.1) is 11.3 Å². The lowest BCUT2D eigenvalue weighted by atomic mass is 9.70. The standard InChI is InChI=1S/C14H25N3S/c1-12-3-5-14(9-15,6-4-12)10-17(2)7-13-8-18-11-16-13/h8,11-12H,3-7,9-10,15H2,1-2H3. The summed E-state index contributed by atoms with van der Waals surface area (Å²) in [4.78, 5) is 6.74. The lowest BCUT2D eigenvalue weighted by Crippen LogP contribution is -2.43. The SMILES string of the molecule is CC1CCC(CN)(CN(C)Cc2cscn2)CC1. The molecule has 3 nitrogen and oxygen atoms in total. The smallest absolute Gasteiger partial charge is 0.0795 e. The van der Waals surface area contributed by atoms with E-state index in [-0.39, 0.29) is 0 Å². The van der Waals surface area contributed by atoms with Crippen molar-refractivity contribution in [3.8, 4) is 0 Å². The van der Waals surface area contributed by atoms with Crippen LogP contribution in [0.1, 0.15) is 38.3 Å². The first-order chi connectivity index (χ1) is 8.63. The van der Waals surface area contributed by atoms with Gasteiger partial charge in [-0.3, -0.25) is 4.90 Å². The van der Waals surface area contributed by atoms with Crippen molar-refractivity contribution in [2.45, 2.75) is 39.2 Å². The van der Waals surface area contributed by atoms with Crippen molar-refractivity contribution in [2.24, 2.45) is 17.1 Å². The molecule has 2 N–H and O–H groups in total. The molecule has 0 amide bonds. The number of thiazole rings is 1. The van der Waals surface area contributed by atoms with Crippen LogP contribution in [0.15, 0.2) is 10.9 Å². The summed E-state index contributed by atoms with van der Waals surface area (Å²) in [5.74, 6) is 0.883. The lowest BCUT2D eigenvalue weighted by Gasteiger charge is -2.41. The fourth-order valence-corrected chi connectivity index (χ4v) is 3.57. The number of hydrogen-bond acceptors (Lipinski definition) is 4. The second-order valence-corrected chi connectivity index (χ2v) is 6.76. The Morgan fingerprint density at radius 3 is 2.78 bits per heavy atom. The van der Waals surface area contributed by atoms with Gasteiger partial charge in [-0.05, 0) is 37.8 Å². The average Bonchev–Trinajstić information content (AvgIpc) is 2.85. The fourth-order valence-electron chi connectivity index (χ4n) is 3.02. The van der Waals surface area contributed by atoms with Gasteiger partial charge in [0.15, 0.2) is 0 Å². The van der Waals surface area contributed by atoms with E-state index >= 15 is 0 Å². The van der Waals surface area contributed by atoms with Crippen LogP contribution >= 0.6 is 11.3 Å². The molecule has 0 aliphatic heterocycles. The van der Waals surface area contributed by atoms with E-state index in [2.05, 4.69) is 29.2 Å². The Labute approximate surface area is 114 Å². The quantitative estimate of drug-likeness (QED) is 0.892. The molecule has 1 fully saturated rings. The largest absolute Gasteiger partial charge is 0.330 e. The topological polar surface area (TPSA) is 42.1 Å². The van der Waals surface area contributed by atoms with Crippen molar-refractivity contribution in [1.29, 1.82) is 0 Å². The normalized spacial score (nSPS) is 28.8. The van der Waals surface area contributed by atoms with Gasteiger partial charge in [-0.2, -0.15) is 0 Å². The molecule has 4 heteroatoms. The molecule has 0 aromatic carbocycles. The Balaban J connectivity index is 1.89. The monoisotopic (exact) mass is 267 g/mol. The molecule has 102 valence electrons. The summed E-state index contributed by atoms with van der Waals surface area (Å²) in [5, 5.41) is 2.13. The van der Waals surface area contributed by atoms with E-state index in [9.17, 15) is 0 Å². The third-order valence-corrected chi connectivity index (χ3v) is 4.92. The Hall–Kier alpha value is -0.450. The van der Waals surface area contributed by atoms with Gasteiger partial charge in [0.1, 0.15) is 0 Å². The van der Waals surface area contributed by atoms with Crippen molar-refractivity contribution in [3.63, 3.8) is 0 Å². The van der Waals surface area contributed by atoms with Gasteiger partial charge in [0.05, 0.1) is 11.2 Å². The molecule has 0 spiro atoms. The summed E-state index contributed by atoms with van der Waals surface area (Å²) in [5.41, 5.74) is 9.50. The van der Waals surface area contributed by atoms with Gasteiger partial charge in [0.25, 0.3) is 0 Å². The summed E-state index contributed by atoms with van der Waals surface area (Å²) in [7, 11) is 2.19. The fraction of sp³-hybridized carbons (Fsp3) is 0.786. The van der Waals surface area contributed by atoms with Gasteiger partial charge in [-0.25, -0.2) is 4.98 Å². The zero-order valence-electron chi connectivity index (χ0n) is 11.6. The molecule has 1 aromatic rings. The second kappa shape index (κ2) is 6.13. The minimum Gasteiger partial charge on any atom is -0.330 e. The van der Waals surface area contributed by atoms with Crippen LogP contribution in [-0.2, 0) is 6.54 Å². The minimum absolute atomic E-state index is 0.345. The van der Waals surface area contributed by atoms with Crippen LogP contribution in [0, 0.1) is 11.3 Å². The van der Waals surface area contributed by atoms with Crippen molar-refractivity contribution < 1.29 is 0 Å². The van der Waals surface area contributed by atoms with Crippen LogP contribution < -0.4 is 5.73 Å². The van der Waals surface area contributed by atoms with Gasteiger partial charge in [0, 0.05) is 18.5 Å². The first kappa shape index (κ1) is 14.0. The van der Waals surface area contributed by atoms with E-state index in [1.54, 1.807) is 11.3 Å². The van der Waals surface area contributed by atoms with Crippen molar-refractivity contribution >= 4 is 11.3 Å². The molecular weight excluding hydrogens is 242 g/mol. The Bertz CT molecular complexity index is 342. The van der Waals surface area contributed by atoms with E-state index in [1.807, 2.05) is 5.51 Å². The molecule has 1 aliphatic rings. The van der Waals surface area contributed by atoms with Crippen LogP contribution in [0.2, 0.25) is 0 Å². The highest BCUT2D eigenvalue weighted by molar-refractivity contribution is 7.07. The maximum atomic E-state index is 6.07. The van der Waals surface area contributed by atoms with Crippen molar-refractivity contribution in [3.05, 3.63) is 16.6 Å². The maximum Gasteiger partial charge on any atom is 0.0795 e. The third kappa shape index (κ3) is 3.53. The minimum atomic E-state index is 0.345. The summed E-state index contributed by atoms with van der Waals surface area (Å²) in [6, 6.07) is 0. The van der Waals surface area contributed by atoms with Crippen LogP contribution in [0.25, 0.3) is 0 Å². The Morgan fingerprint density at radius 1 is 1.50 bits per heavy atom. The zero-order chi connectivity index (χ0) is 13.0. The van der Waals surface area contributed by atoms with Crippen LogP contribution in [-0.4, -0.2) is 30.0 Å². The first-order valence-electron chi connectivity index (χ1n) is 6.89. The molecule has 1 heterocycles. The summed E-state index contributed by atoms with van der Waals surface area (Å²) in [6.07, 6.45) is 5.24. The predicted octanol–water partition coefficient (Wildman–Crippen LogP) is 2.73. The molecule has 0 unspecified atom stereocenters. The van der Waals surface area contributed by atoms with Gasteiger partial charge in [0.2, 0.25) is 0 Å². The van der Waals surface area contributed by atoms with Crippen LogP contribution in [0.5, 0.6) is 0 Å². The first-order valence-corrected chi connectivity index (χ1v) is 7.83. The van der Waals surface area contributed by atoms with E-state index in [0.717, 1.165) is 25.6 Å². The Morgan fingerprint density at radius 2 is 2.22 bits per heavy atom. The summed E-state index contributed by atoms with van der Waals surface area (Å²) >= 11 is 1.67. The van der Waals surface area contributed by atoms with E-state index < -0.39 is 0 Å². The highest BCUT2D eigenvalue weighted by atomic mass is 32.1. The molecule has 0 bridgehead atoms. The number of nitrogens with zero attached hydrogens (tertiary/aromatic N) is 2. The highest BCUT2D eigenvalue weighted by Gasteiger charge is 2.33. The summed E-state index contributed by atoms with van der Waals surface area (Å²) in [6.45, 7) is 5.23. The summed E-state index contributed by atoms with van der Waals surface area (Å²) < 4.78 is 0. The molecule has 0 saturated heterocycles. The van der Waals surface area contributed by atoms with Crippen LogP contribution in [0.4, 0.5) is 0 Å².